The maximum atomic E-state index is 12.6. The van der Waals surface area contributed by atoms with E-state index in [1.54, 1.807) is 24.4 Å². The molecule has 0 aliphatic heterocycles. The second-order valence-corrected chi connectivity index (χ2v) is 7.79. The third kappa shape index (κ3) is 3.38. The average Bonchev–Trinajstić information content (AvgIpc) is 2.61. The number of pyridine rings is 1. The van der Waals surface area contributed by atoms with Crippen LogP contribution >= 0.6 is 0 Å². The fourth-order valence-electron chi connectivity index (χ4n) is 2.41. The van der Waals surface area contributed by atoms with Crippen molar-refractivity contribution in [3.63, 3.8) is 0 Å². The number of hydrogen-bond acceptors (Lipinski definition) is 4. The topological polar surface area (TPSA) is 79.4 Å². The van der Waals surface area contributed by atoms with E-state index < -0.39 is 10.0 Å². The van der Waals surface area contributed by atoms with Crippen LogP contribution in [0.5, 0.6) is 0 Å². The molecule has 2 aromatic carbocycles. The molecule has 0 saturated heterocycles. The number of anilines is 1. The van der Waals surface area contributed by atoms with Gasteiger partial charge in [0.05, 0.1) is 16.0 Å². The van der Waals surface area contributed by atoms with E-state index in [1.807, 2.05) is 24.3 Å². The van der Waals surface area contributed by atoms with Crippen LogP contribution in [0.3, 0.4) is 0 Å². The Labute approximate surface area is 146 Å². The van der Waals surface area contributed by atoms with E-state index in [2.05, 4.69) is 10.3 Å². The van der Waals surface area contributed by atoms with Gasteiger partial charge in [0.2, 0.25) is 10.0 Å². The largest absolute Gasteiger partial charge is 0.322 e. The first kappa shape index (κ1) is 17.1. The number of nitrogens with one attached hydrogen (secondary N) is 1. The summed E-state index contributed by atoms with van der Waals surface area (Å²) in [5, 5.41) is 3.54. The van der Waals surface area contributed by atoms with Crippen LogP contribution in [0, 0.1) is 0 Å². The summed E-state index contributed by atoms with van der Waals surface area (Å²) >= 11 is 0. The highest BCUT2D eigenvalue weighted by Crippen LogP contribution is 2.20. The Kier molecular flexibility index (Phi) is 4.52. The molecule has 0 fully saturated rings. The van der Waals surface area contributed by atoms with Crippen molar-refractivity contribution in [1.82, 2.24) is 9.29 Å². The van der Waals surface area contributed by atoms with E-state index in [1.165, 1.54) is 26.2 Å². The molecular weight excluding hydrogens is 338 g/mol. The quantitative estimate of drug-likeness (QED) is 0.780. The molecule has 1 aromatic heterocycles. The normalized spacial score (nSPS) is 11.6. The number of para-hydroxylation sites is 1. The number of hydrogen-bond donors (Lipinski definition) is 1. The minimum absolute atomic E-state index is 0.171. The molecule has 0 unspecified atom stereocenters. The van der Waals surface area contributed by atoms with Crippen molar-refractivity contribution in [2.75, 3.05) is 19.4 Å². The lowest BCUT2D eigenvalue weighted by Crippen LogP contribution is -2.22. The second kappa shape index (κ2) is 6.62. The average molecular weight is 355 g/mol. The summed E-state index contributed by atoms with van der Waals surface area (Å²) in [6, 6.07) is 15.1. The molecule has 3 rings (SSSR count). The van der Waals surface area contributed by atoms with Crippen LogP contribution in [0.2, 0.25) is 0 Å². The molecule has 0 bridgehead atoms. The first-order valence-electron chi connectivity index (χ1n) is 7.57. The fourth-order valence-corrected chi connectivity index (χ4v) is 3.32. The Morgan fingerprint density at radius 2 is 1.68 bits per heavy atom. The number of carbonyl (C=O) groups is 1. The molecule has 25 heavy (non-hydrogen) atoms. The fraction of sp³-hybridized carbons (Fsp3) is 0.111. The van der Waals surface area contributed by atoms with Crippen LogP contribution in [0.1, 0.15) is 10.4 Å². The third-order valence-electron chi connectivity index (χ3n) is 3.78. The van der Waals surface area contributed by atoms with Gasteiger partial charge < -0.3 is 5.32 Å². The lowest BCUT2D eigenvalue weighted by atomic mass is 10.1. The van der Waals surface area contributed by atoms with Crippen molar-refractivity contribution >= 4 is 32.5 Å². The van der Waals surface area contributed by atoms with Gasteiger partial charge in [-0.3, -0.25) is 9.78 Å². The van der Waals surface area contributed by atoms with Crippen molar-refractivity contribution in [3.8, 4) is 0 Å². The SMILES string of the molecule is CN(C)S(=O)(=O)c1ccc(NC(=O)c2ccnc3ccccc23)cc1. The standard InChI is InChI=1S/C18H17N3O3S/c1-21(2)25(23,24)14-9-7-13(8-10-14)20-18(22)16-11-12-19-17-6-4-3-5-15(16)17/h3-12H,1-2H3,(H,20,22). The monoisotopic (exact) mass is 355 g/mol. The Morgan fingerprint density at radius 3 is 2.36 bits per heavy atom. The first-order valence-corrected chi connectivity index (χ1v) is 9.01. The number of benzene rings is 2. The molecule has 0 atom stereocenters. The van der Waals surface area contributed by atoms with Crippen LogP contribution < -0.4 is 5.32 Å². The molecule has 0 saturated carbocycles. The summed E-state index contributed by atoms with van der Waals surface area (Å²) in [5.74, 6) is -0.276. The lowest BCUT2D eigenvalue weighted by molar-refractivity contribution is 0.102. The molecule has 7 heteroatoms. The van der Waals surface area contributed by atoms with Crippen molar-refractivity contribution < 1.29 is 13.2 Å². The van der Waals surface area contributed by atoms with E-state index in [4.69, 9.17) is 0 Å². The van der Waals surface area contributed by atoms with Gasteiger partial charge in [-0.25, -0.2) is 12.7 Å². The maximum absolute atomic E-state index is 12.6. The number of rotatable bonds is 4. The van der Waals surface area contributed by atoms with E-state index in [0.29, 0.717) is 11.3 Å². The molecule has 3 aromatic rings. The van der Waals surface area contributed by atoms with Crippen LogP contribution in [0.15, 0.2) is 65.7 Å². The molecule has 0 spiro atoms. The van der Waals surface area contributed by atoms with Crippen LogP contribution in [0.25, 0.3) is 10.9 Å². The van der Waals surface area contributed by atoms with E-state index in [9.17, 15) is 13.2 Å². The second-order valence-electron chi connectivity index (χ2n) is 5.64. The zero-order valence-electron chi connectivity index (χ0n) is 13.8. The number of fused-ring (bicyclic) bond motifs is 1. The van der Waals surface area contributed by atoms with Crippen LogP contribution in [0.4, 0.5) is 5.69 Å². The van der Waals surface area contributed by atoms with Crippen molar-refractivity contribution in [2.45, 2.75) is 4.90 Å². The summed E-state index contributed by atoms with van der Waals surface area (Å²) in [4.78, 5) is 17.0. The van der Waals surface area contributed by atoms with Gasteiger partial charge in [-0.05, 0) is 36.4 Å². The van der Waals surface area contributed by atoms with Gasteiger partial charge in [0.15, 0.2) is 0 Å². The van der Waals surface area contributed by atoms with Crippen LogP contribution in [-0.2, 0) is 10.0 Å². The van der Waals surface area contributed by atoms with Gasteiger partial charge in [-0.2, -0.15) is 0 Å². The summed E-state index contributed by atoms with van der Waals surface area (Å²) in [6.45, 7) is 0. The Bertz CT molecular complexity index is 1020. The Hall–Kier alpha value is -2.77. The van der Waals surface area contributed by atoms with Gasteiger partial charge in [0.1, 0.15) is 0 Å². The molecule has 0 aliphatic rings. The maximum Gasteiger partial charge on any atom is 0.256 e. The molecule has 1 amide bonds. The predicted molar refractivity (Wildman–Crippen MR) is 97.0 cm³/mol. The summed E-state index contributed by atoms with van der Waals surface area (Å²) in [5.41, 5.74) is 1.77. The van der Waals surface area contributed by atoms with E-state index >= 15 is 0 Å². The van der Waals surface area contributed by atoms with Crippen molar-refractivity contribution in [3.05, 3.63) is 66.4 Å². The Morgan fingerprint density at radius 1 is 1.00 bits per heavy atom. The predicted octanol–water partition coefficient (Wildman–Crippen LogP) is 2.74. The lowest BCUT2D eigenvalue weighted by Gasteiger charge is -2.12. The highest BCUT2D eigenvalue weighted by molar-refractivity contribution is 7.89. The minimum Gasteiger partial charge on any atom is -0.322 e. The van der Waals surface area contributed by atoms with Gasteiger partial charge >= 0.3 is 0 Å². The number of carbonyl (C=O) groups excluding carboxylic acids is 1. The molecule has 0 radical (unpaired) electrons. The van der Waals surface area contributed by atoms with Crippen molar-refractivity contribution in [2.24, 2.45) is 0 Å². The highest BCUT2D eigenvalue weighted by atomic mass is 32.2. The molecular formula is C18H17N3O3S. The number of aromatic nitrogens is 1. The molecule has 6 nitrogen and oxygen atoms in total. The zero-order chi connectivity index (χ0) is 18.0. The number of amides is 1. The summed E-state index contributed by atoms with van der Waals surface area (Å²) in [6.07, 6.45) is 1.59. The first-order chi connectivity index (χ1) is 11.9. The summed E-state index contributed by atoms with van der Waals surface area (Å²) < 4.78 is 25.3. The molecule has 128 valence electrons. The third-order valence-corrected chi connectivity index (χ3v) is 5.61. The minimum atomic E-state index is -3.49. The van der Waals surface area contributed by atoms with E-state index in [-0.39, 0.29) is 10.8 Å². The van der Waals surface area contributed by atoms with Gasteiger partial charge in [-0.15, -0.1) is 0 Å². The van der Waals surface area contributed by atoms with E-state index in [0.717, 1.165) is 15.2 Å². The molecule has 0 aliphatic carbocycles. The smallest absolute Gasteiger partial charge is 0.256 e. The molecule has 1 heterocycles. The molecule has 1 N–H and O–H groups in total. The highest BCUT2D eigenvalue weighted by Gasteiger charge is 2.17. The van der Waals surface area contributed by atoms with Gasteiger partial charge in [0.25, 0.3) is 5.91 Å². The zero-order valence-corrected chi connectivity index (χ0v) is 14.6. The van der Waals surface area contributed by atoms with Gasteiger partial charge in [-0.1, -0.05) is 18.2 Å². The number of nitrogens with zero attached hydrogens (tertiary/aromatic N) is 2. The van der Waals surface area contributed by atoms with Crippen LogP contribution in [-0.4, -0.2) is 37.7 Å². The number of sulfonamides is 1. The van der Waals surface area contributed by atoms with Gasteiger partial charge in [0, 0.05) is 31.4 Å². The Balaban J connectivity index is 1.86. The van der Waals surface area contributed by atoms with Crippen molar-refractivity contribution in [1.29, 1.82) is 0 Å². The summed E-state index contributed by atoms with van der Waals surface area (Å²) in [7, 11) is -0.547.